The Hall–Kier alpha value is -2.44. The van der Waals surface area contributed by atoms with Crippen LogP contribution in [0.5, 0.6) is 0 Å². The molecule has 112 valence electrons. The van der Waals surface area contributed by atoms with Crippen molar-refractivity contribution in [3.8, 4) is 0 Å². The third-order valence-corrected chi connectivity index (χ3v) is 3.11. The Balaban J connectivity index is 2.48. The van der Waals surface area contributed by atoms with Crippen LogP contribution in [0.15, 0.2) is 28.5 Å². The molecule has 1 aliphatic heterocycles. The lowest BCUT2D eigenvalue weighted by atomic mass is 10.1. The number of amides is 2. The second-order valence-corrected chi connectivity index (χ2v) is 5.23. The van der Waals surface area contributed by atoms with E-state index in [-0.39, 0.29) is 24.3 Å². The van der Waals surface area contributed by atoms with Gasteiger partial charge in [-0.05, 0) is 25.1 Å². The smallest absolute Gasteiger partial charge is 0.226 e. The van der Waals surface area contributed by atoms with Gasteiger partial charge >= 0.3 is 0 Å². The highest BCUT2D eigenvalue weighted by atomic mass is 16.2. The highest BCUT2D eigenvalue weighted by Gasteiger charge is 2.27. The van der Waals surface area contributed by atoms with E-state index >= 15 is 0 Å². The average Bonchev–Trinajstić information content (AvgIpc) is 2.50. The molecule has 0 bridgehead atoms. The number of nitrogens with one attached hydrogen (secondary N) is 1. The van der Waals surface area contributed by atoms with Crippen LogP contribution in [0.4, 0.5) is 17.1 Å². The van der Waals surface area contributed by atoms with Crippen LogP contribution < -0.4 is 10.2 Å². The van der Waals surface area contributed by atoms with Crippen molar-refractivity contribution >= 4 is 28.9 Å². The van der Waals surface area contributed by atoms with Crippen LogP contribution in [0.1, 0.15) is 20.3 Å². The van der Waals surface area contributed by atoms with Crippen LogP contribution in [0, 0.1) is 0 Å². The fraction of sp³-hybridized carbons (Fsp3) is 0.429. The fourth-order valence-corrected chi connectivity index (χ4v) is 2.31. The second kappa shape index (κ2) is 5.90. The number of nitrogens with zero attached hydrogens (tertiary/aromatic N) is 4. The fourth-order valence-electron chi connectivity index (χ4n) is 2.31. The van der Waals surface area contributed by atoms with Gasteiger partial charge in [-0.3, -0.25) is 14.6 Å². The van der Waals surface area contributed by atoms with Crippen molar-refractivity contribution in [1.82, 2.24) is 5.01 Å². The van der Waals surface area contributed by atoms with Crippen molar-refractivity contribution in [1.29, 1.82) is 0 Å². The summed E-state index contributed by atoms with van der Waals surface area (Å²) >= 11 is 0. The first-order chi connectivity index (χ1) is 9.88. The maximum absolute atomic E-state index is 11.9. The van der Waals surface area contributed by atoms with E-state index in [1.54, 1.807) is 42.2 Å². The molecule has 0 unspecified atom stereocenters. The number of hydrogen-bond donors (Lipinski definition) is 1. The third kappa shape index (κ3) is 3.36. The number of hydrogen-bond acceptors (Lipinski definition) is 4. The summed E-state index contributed by atoms with van der Waals surface area (Å²) in [5, 5.41) is 12.4. The highest BCUT2D eigenvalue weighted by molar-refractivity contribution is 6.04. The van der Waals surface area contributed by atoms with E-state index in [1.165, 1.54) is 6.92 Å². The Morgan fingerprint density at radius 1 is 1.43 bits per heavy atom. The van der Waals surface area contributed by atoms with E-state index in [2.05, 4.69) is 15.7 Å². The van der Waals surface area contributed by atoms with Crippen LogP contribution in [-0.2, 0) is 9.59 Å². The van der Waals surface area contributed by atoms with E-state index in [9.17, 15) is 9.59 Å². The summed E-state index contributed by atoms with van der Waals surface area (Å²) in [6.45, 7) is 3.34. The molecule has 1 aromatic rings. The van der Waals surface area contributed by atoms with Gasteiger partial charge in [-0.25, -0.2) is 0 Å². The molecule has 1 aliphatic rings. The largest absolute Gasteiger partial charge is 0.324 e. The molecule has 2 rings (SSSR count). The summed E-state index contributed by atoms with van der Waals surface area (Å²) < 4.78 is 0. The van der Waals surface area contributed by atoms with Gasteiger partial charge in [0, 0.05) is 33.5 Å². The van der Waals surface area contributed by atoms with E-state index in [1.807, 2.05) is 6.92 Å². The maximum atomic E-state index is 11.9. The normalized spacial score (nSPS) is 18.2. The Morgan fingerprint density at radius 3 is 2.76 bits per heavy atom. The van der Waals surface area contributed by atoms with Gasteiger partial charge in [0.2, 0.25) is 11.8 Å². The van der Waals surface area contributed by atoms with Crippen molar-refractivity contribution in [3.63, 3.8) is 0 Å². The monoisotopic (exact) mass is 289 g/mol. The number of benzene rings is 1. The van der Waals surface area contributed by atoms with Crippen molar-refractivity contribution < 1.29 is 9.59 Å². The molecule has 1 atom stereocenters. The van der Waals surface area contributed by atoms with Crippen molar-refractivity contribution in [3.05, 3.63) is 18.2 Å². The number of carbonyl (C=O) groups excluding carboxylic acids is 2. The lowest BCUT2D eigenvalue weighted by Crippen LogP contribution is -2.37. The average molecular weight is 289 g/mol. The van der Waals surface area contributed by atoms with Gasteiger partial charge < -0.3 is 10.2 Å². The quantitative estimate of drug-likeness (QED) is 0.670. The zero-order valence-electron chi connectivity index (χ0n) is 12.6. The molecule has 0 aromatic heterocycles. The molecule has 0 aliphatic carbocycles. The van der Waals surface area contributed by atoms with E-state index < -0.39 is 0 Å². The molecule has 0 fully saturated rings. The van der Waals surface area contributed by atoms with Crippen molar-refractivity contribution in [2.75, 3.05) is 24.3 Å². The van der Waals surface area contributed by atoms with Gasteiger partial charge in [0.1, 0.15) is 0 Å². The molecule has 0 saturated carbocycles. The first-order valence-corrected chi connectivity index (χ1v) is 6.71. The van der Waals surface area contributed by atoms with Gasteiger partial charge in [-0.2, -0.15) is 0 Å². The summed E-state index contributed by atoms with van der Waals surface area (Å²) in [5.74, 6) is -0.211. The van der Waals surface area contributed by atoms with E-state index in [0.717, 1.165) is 0 Å². The van der Waals surface area contributed by atoms with Gasteiger partial charge in [0.05, 0.1) is 17.1 Å². The van der Waals surface area contributed by atoms with Crippen LogP contribution >= 0.6 is 0 Å². The number of rotatable bonds is 2. The third-order valence-electron chi connectivity index (χ3n) is 3.11. The summed E-state index contributed by atoms with van der Waals surface area (Å²) in [6, 6.07) is 5.04. The minimum Gasteiger partial charge on any atom is -0.324 e. The van der Waals surface area contributed by atoms with Gasteiger partial charge in [-0.15, -0.1) is 5.11 Å². The number of fused-ring (bicyclic) bond motifs is 1. The minimum atomic E-state index is -0.204. The molecule has 1 heterocycles. The zero-order chi connectivity index (χ0) is 15.6. The predicted molar refractivity (Wildman–Crippen MR) is 80.5 cm³/mol. The van der Waals surface area contributed by atoms with E-state index in [4.69, 9.17) is 0 Å². The standard InChI is InChI=1S/C14H19N5O2/c1-9-7-14(21)15-12-6-5-11(16-17-18(3)4)8-13(12)19(9)10(2)20/h5-6,8-9H,7H2,1-4H3,(H,15,21)/t9-/m0/s1. The van der Waals surface area contributed by atoms with Crippen LogP contribution in [0.25, 0.3) is 0 Å². The Morgan fingerprint density at radius 2 is 2.14 bits per heavy atom. The Kier molecular flexibility index (Phi) is 4.21. The van der Waals surface area contributed by atoms with Crippen molar-refractivity contribution in [2.24, 2.45) is 10.3 Å². The Bertz CT molecular complexity index is 597. The lowest BCUT2D eigenvalue weighted by Gasteiger charge is -2.26. The predicted octanol–water partition coefficient (Wildman–Crippen LogP) is 2.33. The molecule has 0 spiro atoms. The first-order valence-electron chi connectivity index (χ1n) is 6.71. The molecule has 7 nitrogen and oxygen atoms in total. The summed E-state index contributed by atoms with van der Waals surface area (Å²) in [7, 11) is 3.55. The SMILES string of the molecule is CC(=O)N1c2cc(N=NN(C)C)ccc2NC(=O)C[C@@H]1C. The molecule has 7 heteroatoms. The van der Waals surface area contributed by atoms with Gasteiger partial charge in [0.15, 0.2) is 0 Å². The van der Waals surface area contributed by atoms with Crippen LogP contribution in [0.2, 0.25) is 0 Å². The Labute approximate surface area is 123 Å². The first kappa shape index (κ1) is 15.0. The second-order valence-electron chi connectivity index (χ2n) is 5.23. The van der Waals surface area contributed by atoms with Crippen molar-refractivity contribution in [2.45, 2.75) is 26.3 Å². The summed E-state index contributed by atoms with van der Waals surface area (Å²) in [5.41, 5.74) is 1.89. The summed E-state index contributed by atoms with van der Waals surface area (Å²) in [4.78, 5) is 25.4. The highest BCUT2D eigenvalue weighted by Crippen LogP contribution is 2.35. The van der Waals surface area contributed by atoms with Crippen LogP contribution in [-0.4, -0.2) is 37.0 Å². The molecule has 2 amide bonds. The minimum absolute atomic E-state index is 0.102. The molecular formula is C14H19N5O2. The molecule has 1 aromatic carbocycles. The molecule has 0 radical (unpaired) electrons. The van der Waals surface area contributed by atoms with Gasteiger partial charge in [-0.1, -0.05) is 5.22 Å². The van der Waals surface area contributed by atoms with E-state index in [0.29, 0.717) is 17.1 Å². The van der Waals surface area contributed by atoms with Crippen LogP contribution in [0.3, 0.4) is 0 Å². The molecular weight excluding hydrogens is 270 g/mol. The number of carbonyl (C=O) groups is 2. The maximum Gasteiger partial charge on any atom is 0.226 e. The lowest BCUT2D eigenvalue weighted by molar-refractivity contribution is -0.117. The molecule has 21 heavy (non-hydrogen) atoms. The summed E-state index contributed by atoms with van der Waals surface area (Å²) in [6.07, 6.45) is 0.267. The molecule has 1 N–H and O–H groups in total. The zero-order valence-corrected chi connectivity index (χ0v) is 12.6. The topological polar surface area (TPSA) is 77.4 Å². The van der Waals surface area contributed by atoms with Gasteiger partial charge in [0.25, 0.3) is 0 Å². The number of anilines is 2. The molecule has 0 saturated heterocycles.